The van der Waals surface area contributed by atoms with Gasteiger partial charge in [0.2, 0.25) is 0 Å². The number of carbonyl (C=O) groups is 2. The minimum Gasteiger partial charge on any atom is -0.375 e. The molecule has 0 bridgehead atoms. The maximum Gasteiger partial charge on any atom is 0.264 e. The number of aliphatic hydroxyl groups is 1. The SMILES string of the molecule is CCCCN1C(=O)C(O)(CC(=O)c2ccc(-c3ccccc3)cc2)c2cc(Br)ccc21. The smallest absolute Gasteiger partial charge is 0.264 e. The lowest BCUT2D eigenvalue weighted by molar-refractivity contribution is -0.135. The molecule has 1 aliphatic heterocycles. The molecule has 31 heavy (non-hydrogen) atoms. The Bertz CT molecular complexity index is 1110. The Hall–Kier alpha value is -2.76. The highest BCUT2D eigenvalue weighted by atomic mass is 79.9. The summed E-state index contributed by atoms with van der Waals surface area (Å²) in [7, 11) is 0. The number of anilines is 1. The van der Waals surface area contributed by atoms with Crippen LogP contribution >= 0.6 is 15.9 Å². The first kappa shape index (κ1) is 21.5. The van der Waals surface area contributed by atoms with Gasteiger partial charge in [-0.05, 0) is 35.7 Å². The highest BCUT2D eigenvalue weighted by Gasteiger charge is 2.50. The van der Waals surface area contributed by atoms with E-state index in [1.165, 1.54) is 0 Å². The number of benzene rings is 3. The molecule has 0 fully saturated rings. The molecule has 0 saturated carbocycles. The summed E-state index contributed by atoms with van der Waals surface area (Å²) in [4.78, 5) is 27.9. The predicted octanol–water partition coefficient (Wildman–Crippen LogP) is 5.72. The van der Waals surface area contributed by atoms with Gasteiger partial charge < -0.3 is 10.0 Å². The molecule has 0 radical (unpaired) electrons. The average Bonchev–Trinajstić information content (AvgIpc) is 2.99. The maximum absolute atomic E-state index is 13.2. The number of unbranched alkanes of at least 4 members (excludes halogenated alkanes) is 1. The third kappa shape index (κ3) is 4.08. The summed E-state index contributed by atoms with van der Waals surface area (Å²) in [5, 5.41) is 11.4. The largest absolute Gasteiger partial charge is 0.375 e. The van der Waals surface area contributed by atoms with E-state index in [0.29, 0.717) is 23.4 Å². The van der Waals surface area contributed by atoms with E-state index in [0.717, 1.165) is 28.4 Å². The van der Waals surface area contributed by atoms with Crippen molar-refractivity contribution in [2.75, 3.05) is 11.4 Å². The summed E-state index contributed by atoms with van der Waals surface area (Å²) < 4.78 is 0.759. The van der Waals surface area contributed by atoms with Gasteiger partial charge in [-0.25, -0.2) is 0 Å². The van der Waals surface area contributed by atoms with Gasteiger partial charge in [0.25, 0.3) is 5.91 Å². The number of carbonyl (C=O) groups excluding carboxylic acids is 2. The summed E-state index contributed by atoms with van der Waals surface area (Å²) >= 11 is 3.42. The molecule has 0 spiro atoms. The Kier molecular flexibility index (Phi) is 6.08. The number of rotatable bonds is 7. The van der Waals surface area contributed by atoms with E-state index in [1.807, 2.05) is 54.6 Å². The van der Waals surface area contributed by atoms with Gasteiger partial charge in [0, 0.05) is 22.1 Å². The van der Waals surface area contributed by atoms with Gasteiger partial charge >= 0.3 is 0 Å². The van der Waals surface area contributed by atoms with Crippen LogP contribution in [0.25, 0.3) is 11.1 Å². The summed E-state index contributed by atoms with van der Waals surface area (Å²) in [6.45, 7) is 2.57. The van der Waals surface area contributed by atoms with Gasteiger partial charge in [0.05, 0.1) is 12.1 Å². The maximum atomic E-state index is 13.2. The first-order valence-electron chi connectivity index (χ1n) is 10.5. The van der Waals surface area contributed by atoms with Crippen molar-refractivity contribution < 1.29 is 14.7 Å². The molecule has 1 unspecified atom stereocenters. The number of hydrogen-bond donors (Lipinski definition) is 1. The Balaban J connectivity index is 1.61. The van der Waals surface area contributed by atoms with E-state index < -0.39 is 11.5 Å². The zero-order chi connectivity index (χ0) is 22.0. The van der Waals surface area contributed by atoms with Crippen LogP contribution in [-0.4, -0.2) is 23.3 Å². The number of nitrogens with zero attached hydrogens (tertiary/aromatic N) is 1. The monoisotopic (exact) mass is 477 g/mol. The molecule has 5 heteroatoms. The highest BCUT2D eigenvalue weighted by molar-refractivity contribution is 9.10. The second-order valence-electron chi connectivity index (χ2n) is 7.88. The standard InChI is InChI=1S/C26H24BrNO3/c1-2-3-15-28-23-14-13-21(27)16-22(23)26(31,25(28)30)17-24(29)20-11-9-19(10-12-20)18-7-5-4-6-8-18/h4-14,16,31H,2-3,15,17H2,1H3. The molecule has 3 aromatic rings. The normalized spacial score (nSPS) is 17.6. The first-order chi connectivity index (χ1) is 14.9. The van der Waals surface area contributed by atoms with Gasteiger partial charge in [-0.1, -0.05) is 83.9 Å². The minimum absolute atomic E-state index is 0.265. The summed E-state index contributed by atoms with van der Waals surface area (Å²) in [6, 6.07) is 22.6. The summed E-state index contributed by atoms with van der Waals surface area (Å²) in [5.74, 6) is -0.693. The number of amides is 1. The zero-order valence-electron chi connectivity index (χ0n) is 17.3. The lowest BCUT2D eigenvalue weighted by Crippen LogP contribution is -2.42. The van der Waals surface area contributed by atoms with Crippen LogP contribution in [0.5, 0.6) is 0 Å². The minimum atomic E-state index is -1.86. The number of Topliss-reactive ketones (excluding diaryl/α,β-unsaturated/α-hetero) is 1. The van der Waals surface area contributed by atoms with Crippen molar-refractivity contribution in [3.05, 3.63) is 88.4 Å². The van der Waals surface area contributed by atoms with Crippen molar-refractivity contribution in [3.8, 4) is 11.1 Å². The second kappa shape index (κ2) is 8.77. The molecule has 4 nitrogen and oxygen atoms in total. The van der Waals surface area contributed by atoms with Crippen molar-refractivity contribution in [2.45, 2.75) is 31.8 Å². The molecular weight excluding hydrogens is 454 g/mol. The van der Waals surface area contributed by atoms with Crippen LogP contribution < -0.4 is 4.90 Å². The van der Waals surface area contributed by atoms with Crippen LogP contribution in [0.2, 0.25) is 0 Å². The number of halogens is 1. The molecule has 0 aliphatic carbocycles. The number of ketones is 1. The fourth-order valence-corrected chi connectivity index (χ4v) is 4.41. The van der Waals surface area contributed by atoms with Gasteiger partial charge in [0.15, 0.2) is 11.4 Å². The van der Waals surface area contributed by atoms with Crippen LogP contribution in [-0.2, 0) is 10.4 Å². The van der Waals surface area contributed by atoms with Crippen LogP contribution in [0, 0.1) is 0 Å². The zero-order valence-corrected chi connectivity index (χ0v) is 18.9. The Morgan fingerprint density at radius 3 is 2.35 bits per heavy atom. The van der Waals surface area contributed by atoms with E-state index in [9.17, 15) is 14.7 Å². The fraction of sp³-hybridized carbons (Fsp3) is 0.231. The molecule has 1 amide bonds. The molecule has 158 valence electrons. The average molecular weight is 478 g/mol. The van der Waals surface area contributed by atoms with Crippen LogP contribution in [0.4, 0.5) is 5.69 Å². The molecule has 3 aromatic carbocycles. The van der Waals surface area contributed by atoms with Crippen molar-refractivity contribution in [2.24, 2.45) is 0 Å². The van der Waals surface area contributed by atoms with E-state index in [1.54, 1.807) is 23.1 Å². The predicted molar refractivity (Wildman–Crippen MR) is 126 cm³/mol. The number of fused-ring (bicyclic) bond motifs is 1. The Morgan fingerprint density at radius 2 is 1.68 bits per heavy atom. The summed E-state index contributed by atoms with van der Waals surface area (Å²) in [5.41, 5.74) is 1.85. The van der Waals surface area contributed by atoms with E-state index in [-0.39, 0.29) is 12.2 Å². The summed E-state index contributed by atoms with van der Waals surface area (Å²) in [6.07, 6.45) is 1.47. The molecule has 1 aliphatic rings. The molecule has 1 N–H and O–H groups in total. The van der Waals surface area contributed by atoms with E-state index >= 15 is 0 Å². The second-order valence-corrected chi connectivity index (χ2v) is 8.79. The van der Waals surface area contributed by atoms with E-state index in [2.05, 4.69) is 22.9 Å². The van der Waals surface area contributed by atoms with Crippen molar-refractivity contribution in [3.63, 3.8) is 0 Å². The molecule has 0 saturated heterocycles. The van der Waals surface area contributed by atoms with Crippen LogP contribution in [0.1, 0.15) is 42.1 Å². The molecule has 4 rings (SSSR count). The Labute approximate surface area is 190 Å². The quantitative estimate of drug-likeness (QED) is 0.442. The van der Waals surface area contributed by atoms with Gasteiger partial charge in [-0.15, -0.1) is 0 Å². The lowest BCUT2D eigenvalue weighted by atomic mass is 9.88. The van der Waals surface area contributed by atoms with Crippen LogP contribution in [0.15, 0.2) is 77.3 Å². The topological polar surface area (TPSA) is 57.6 Å². The molecule has 1 heterocycles. The van der Waals surface area contributed by atoms with Crippen molar-refractivity contribution >= 4 is 33.3 Å². The lowest BCUT2D eigenvalue weighted by Gasteiger charge is -2.22. The van der Waals surface area contributed by atoms with Gasteiger partial charge in [-0.2, -0.15) is 0 Å². The Morgan fingerprint density at radius 1 is 1.00 bits per heavy atom. The van der Waals surface area contributed by atoms with Crippen molar-refractivity contribution in [1.29, 1.82) is 0 Å². The van der Waals surface area contributed by atoms with Gasteiger partial charge in [0.1, 0.15) is 0 Å². The van der Waals surface area contributed by atoms with E-state index in [4.69, 9.17) is 0 Å². The fourth-order valence-electron chi connectivity index (χ4n) is 4.05. The molecule has 1 atom stereocenters. The van der Waals surface area contributed by atoms with Gasteiger partial charge in [-0.3, -0.25) is 9.59 Å². The first-order valence-corrected chi connectivity index (χ1v) is 11.3. The number of hydrogen-bond acceptors (Lipinski definition) is 3. The molecular formula is C26H24BrNO3. The third-order valence-electron chi connectivity index (χ3n) is 5.76. The molecule has 0 aromatic heterocycles. The highest BCUT2D eigenvalue weighted by Crippen LogP contribution is 2.44. The van der Waals surface area contributed by atoms with Crippen molar-refractivity contribution in [1.82, 2.24) is 0 Å². The third-order valence-corrected chi connectivity index (χ3v) is 6.25. The van der Waals surface area contributed by atoms with Crippen LogP contribution in [0.3, 0.4) is 0 Å².